The minimum Gasteiger partial charge on any atom is -0.444 e. The molecular weight excluding hydrogens is 295 g/mol. The Hall–Kier alpha value is -2.19. The molecule has 22 heavy (non-hydrogen) atoms. The highest BCUT2D eigenvalue weighted by molar-refractivity contribution is 5.75. The molecule has 2 N–H and O–H groups in total. The summed E-state index contributed by atoms with van der Waals surface area (Å²) < 4.78 is 19.2. The zero-order valence-electron chi connectivity index (χ0n) is 12.9. The molecule has 0 spiro atoms. The third kappa shape index (κ3) is 5.30. The number of nitro groups is 1. The van der Waals surface area contributed by atoms with Gasteiger partial charge < -0.3 is 15.4 Å². The summed E-state index contributed by atoms with van der Waals surface area (Å²) in [6.07, 6.45) is 0.00749. The number of ether oxygens (including phenoxy) is 1. The Morgan fingerprint density at radius 3 is 2.64 bits per heavy atom. The van der Waals surface area contributed by atoms with E-state index in [4.69, 9.17) is 10.5 Å². The summed E-state index contributed by atoms with van der Waals surface area (Å²) >= 11 is 0. The van der Waals surface area contributed by atoms with Crippen LogP contribution < -0.4 is 5.73 Å². The lowest BCUT2D eigenvalue weighted by Gasteiger charge is -2.34. The summed E-state index contributed by atoms with van der Waals surface area (Å²) in [5.41, 5.74) is 4.04. The molecule has 0 aliphatic carbocycles. The van der Waals surface area contributed by atoms with Gasteiger partial charge in [0.2, 0.25) is 0 Å². The lowest BCUT2D eigenvalue weighted by Crippen LogP contribution is -2.48. The molecule has 1 rings (SSSR count). The van der Waals surface area contributed by atoms with Crippen molar-refractivity contribution in [1.82, 2.24) is 4.90 Å². The monoisotopic (exact) mass is 316 g/mol. The van der Waals surface area contributed by atoms with E-state index in [1.807, 2.05) is 0 Å². The van der Waals surface area contributed by atoms with Gasteiger partial charge in [-0.15, -0.1) is 0 Å². The molecule has 0 radical (unpaired) electrons. The first kappa shape index (κ1) is 17.9. The van der Waals surface area contributed by atoms with Crippen molar-refractivity contribution < 1.29 is 18.8 Å². The maximum absolute atomic E-state index is 14.1. The maximum atomic E-state index is 14.1. The highest BCUT2D eigenvalue weighted by Crippen LogP contribution is 2.20. The zero-order chi connectivity index (χ0) is 16.9. The molecule has 1 fully saturated rings. The standard InChI is InChI=1S/C13H21FN4O4/c1-13(2,3)22-12(19)17-5-4-11(10(14)8-17)16-7-9(6-15)18(20)21/h6-7,10-11H,4-5,8,15H2,1-3H3. The molecule has 9 heteroatoms. The Kier molecular flexibility index (Phi) is 5.84. The summed E-state index contributed by atoms with van der Waals surface area (Å²) in [6, 6.07) is -0.742. The molecule has 124 valence electrons. The van der Waals surface area contributed by atoms with E-state index in [-0.39, 0.29) is 19.5 Å². The largest absolute Gasteiger partial charge is 0.444 e. The summed E-state index contributed by atoms with van der Waals surface area (Å²) in [5.74, 6) is 0. The molecule has 2 unspecified atom stereocenters. The third-order valence-electron chi connectivity index (χ3n) is 2.94. The van der Waals surface area contributed by atoms with Crippen LogP contribution in [0, 0.1) is 10.1 Å². The molecule has 1 aliphatic rings. The van der Waals surface area contributed by atoms with Gasteiger partial charge in [-0.1, -0.05) is 0 Å². The second kappa shape index (κ2) is 7.19. The predicted octanol–water partition coefficient (Wildman–Crippen LogP) is 1.48. The Bertz CT molecular complexity index is 487. The van der Waals surface area contributed by atoms with E-state index in [0.717, 1.165) is 12.4 Å². The Labute approximate surface area is 128 Å². The van der Waals surface area contributed by atoms with Gasteiger partial charge in [0, 0.05) is 6.54 Å². The number of halogens is 1. The summed E-state index contributed by atoms with van der Waals surface area (Å²) in [4.78, 5) is 26.8. The highest BCUT2D eigenvalue weighted by atomic mass is 19.1. The van der Waals surface area contributed by atoms with E-state index in [9.17, 15) is 19.3 Å². The van der Waals surface area contributed by atoms with Crippen LogP contribution in [-0.2, 0) is 4.74 Å². The van der Waals surface area contributed by atoms with Crippen LogP contribution in [0.25, 0.3) is 0 Å². The lowest BCUT2D eigenvalue weighted by molar-refractivity contribution is -0.414. The van der Waals surface area contributed by atoms with Crippen LogP contribution in [0.2, 0.25) is 0 Å². The van der Waals surface area contributed by atoms with Crippen molar-refractivity contribution in [3.05, 3.63) is 22.0 Å². The van der Waals surface area contributed by atoms with Crippen molar-refractivity contribution in [3.8, 4) is 0 Å². The van der Waals surface area contributed by atoms with E-state index in [0.29, 0.717) is 0 Å². The molecule has 0 aromatic carbocycles. The van der Waals surface area contributed by atoms with Gasteiger partial charge in [0.25, 0.3) is 0 Å². The van der Waals surface area contributed by atoms with E-state index in [1.165, 1.54) is 4.90 Å². The van der Waals surface area contributed by atoms with E-state index >= 15 is 0 Å². The van der Waals surface area contributed by atoms with Crippen molar-refractivity contribution >= 4 is 12.3 Å². The molecule has 0 aromatic rings. The number of carbonyl (C=O) groups excluding carboxylic acids is 1. The van der Waals surface area contributed by atoms with Crippen LogP contribution in [0.1, 0.15) is 27.2 Å². The fourth-order valence-electron chi connectivity index (χ4n) is 1.88. The first-order chi connectivity index (χ1) is 10.1. The quantitative estimate of drug-likeness (QED) is 0.481. The number of allylic oxidation sites excluding steroid dienone is 1. The molecule has 1 heterocycles. The van der Waals surface area contributed by atoms with Crippen LogP contribution >= 0.6 is 0 Å². The fraction of sp³-hybridized carbons (Fsp3) is 0.692. The van der Waals surface area contributed by atoms with E-state index in [2.05, 4.69) is 4.99 Å². The Morgan fingerprint density at radius 1 is 1.55 bits per heavy atom. The molecule has 0 saturated carbocycles. The first-order valence-electron chi connectivity index (χ1n) is 6.85. The number of carbonyl (C=O) groups is 1. The van der Waals surface area contributed by atoms with Gasteiger partial charge in [0.1, 0.15) is 18.0 Å². The van der Waals surface area contributed by atoms with Crippen molar-refractivity contribution in [2.24, 2.45) is 10.7 Å². The summed E-state index contributed by atoms with van der Waals surface area (Å²) in [6.45, 7) is 5.31. The Morgan fingerprint density at radius 2 is 2.18 bits per heavy atom. The fourth-order valence-corrected chi connectivity index (χ4v) is 1.88. The average molecular weight is 316 g/mol. The van der Waals surface area contributed by atoms with Gasteiger partial charge in [-0.05, 0) is 27.2 Å². The van der Waals surface area contributed by atoms with Crippen LogP contribution in [-0.4, -0.2) is 53.0 Å². The number of nitrogens with zero attached hydrogens (tertiary/aromatic N) is 3. The number of hydrogen-bond acceptors (Lipinski definition) is 6. The average Bonchev–Trinajstić information content (AvgIpc) is 2.38. The van der Waals surface area contributed by atoms with Crippen LogP contribution in [0.5, 0.6) is 0 Å². The van der Waals surface area contributed by atoms with Crippen LogP contribution in [0.4, 0.5) is 9.18 Å². The molecule has 2 atom stereocenters. The number of hydrogen-bond donors (Lipinski definition) is 1. The second-order valence-electron chi connectivity index (χ2n) is 5.93. The predicted molar refractivity (Wildman–Crippen MR) is 78.9 cm³/mol. The zero-order valence-corrected chi connectivity index (χ0v) is 12.9. The summed E-state index contributed by atoms with van der Waals surface area (Å²) in [7, 11) is 0. The van der Waals surface area contributed by atoms with Gasteiger partial charge in [0.05, 0.1) is 23.7 Å². The van der Waals surface area contributed by atoms with Gasteiger partial charge in [-0.2, -0.15) is 0 Å². The molecule has 8 nitrogen and oxygen atoms in total. The smallest absolute Gasteiger partial charge is 0.410 e. The number of piperidine rings is 1. The van der Waals surface area contributed by atoms with Crippen molar-refractivity contribution in [3.63, 3.8) is 0 Å². The molecule has 0 aromatic heterocycles. The van der Waals surface area contributed by atoms with Crippen LogP contribution in [0.15, 0.2) is 16.9 Å². The van der Waals surface area contributed by atoms with Gasteiger partial charge in [0.15, 0.2) is 0 Å². The molecular formula is C13H21FN4O4. The van der Waals surface area contributed by atoms with Gasteiger partial charge in [-0.25, -0.2) is 9.18 Å². The minimum absolute atomic E-state index is 0.156. The number of aliphatic imine (C=N–C) groups is 1. The summed E-state index contributed by atoms with van der Waals surface area (Å²) in [5, 5.41) is 10.6. The van der Waals surface area contributed by atoms with E-state index in [1.54, 1.807) is 20.8 Å². The number of amides is 1. The minimum atomic E-state index is -1.41. The number of rotatable bonds is 3. The maximum Gasteiger partial charge on any atom is 0.410 e. The SMILES string of the molecule is CC(C)(C)OC(=O)N1CCC(N=CC(=CN)[N+](=O)[O-])C(F)C1. The normalized spacial score (nSPS) is 23.6. The Balaban J connectivity index is 2.61. The van der Waals surface area contributed by atoms with Crippen LogP contribution in [0.3, 0.4) is 0 Å². The van der Waals surface area contributed by atoms with Gasteiger partial charge >= 0.3 is 11.8 Å². The molecule has 1 aliphatic heterocycles. The number of alkyl halides is 1. The lowest BCUT2D eigenvalue weighted by atomic mass is 10.0. The third-order valence-corrected chi connectivity index (χ3v) is 2.94. The van der Waals surface area contributed by atoms with E-state index < -0.39 is 34.5 Å². The second-order valence-corrected chi connectivity index (χ2v) is 5.93. The first-order valence-corrected chi connectivity index (χ1v) is 6.85. The number of likely N-dealkylation sites (tertiary alicyclic amines) is 1. The van der Waals surface area contributed by atoms with Crippen molar-refractivity contribution in [2.45, 2.75) is 45.0 Å². The molecule has 1 amide bonds. The highest BCUT2D eigenvalue weighted by Gasteiger charge is 2.33. The molecule has 1 saturated heterocycles. The number of nitrogens with two attached hydrogens (primary N) is 1. The molecule has 0 bridgehead atoms. The topological polar surface area (TPSA) is 111 Å². The van der Waals surface area contributed by atoms with Crippen molar-refractivity contribution in [1.29, 1.82) is 0 Å². The van der Waals surface area contributed by atoms with Crippen molar-refractivity contribution in [2.75, 3.05) is 13.1 Å². The van der Waals surface area contributed by atoms with Gasteiger partial charge in [-0.3, -0.25) is 15.1 Å².